The van der Waals surface area contributed by atoms with Crippen molar-refractivity contribution >= 4 is 5.97 Å². The summed E-state index contributed by atoms with van der Waals surface area (Å²) in [5, 5.41) is 0. The highest BCUT2D eigenvalue weighted by Crippen LogP contribution is 2.67. The van der Waals surface area contributed by atoms with Crippen LogP contribution in [0.4, 0.5) is 0 Å². The van der Waals surface area contributed by atoms with Crippen molar-refractivity contribution in [3.05, 3.63) is 23.8 Å². The topological polar surface area (TPSA) is 26.3 Å². The molecule has 0 aromatic rings. The molecule has 0 N–H and O–H groups in total. The number of fused-ring (bicyclic) bond motifs is 5. The highest BCUT2D eigenvalue weighted by molar-refractivity contribution is 5.69. The van der Waals surface area contributed by atoms with Crippen LogP contribution in [0.1, 0.15) is 189 Å². The van der Waals surface area contributed by atoms with Crippen LogP contribution in [0, 0.1) is 46.3 Å². The van der Waals surface area contributed by atoms with Gasteiger partial charge >= 0.3 is 5.97 Å². The highest BCUT2D eigenvalue weighted by Gasteiger charge is 2.59. The van der Waals surface area contributed by atoms with E-state index < -0.39 is 0 Å². The number of ether oxygens (including phenoxy) is 1. The zero-order valence-electron chi connectivity index (χ0n) is 30.9. The summed E-state index contributed by atoms with van der Waals surface area (Å²) in [6, 6.07) is 0. The molecule has 2 nitrogen and oxygen atoms in total. The van der Waals surface area contributed by atoms with Gasteiger partial charge in [-0.2, -0.15) is 0 Å². The molecule has 0 spiro atoms. The van der Waals surface area contributed by atoms with Crippen LogP contribution in [0.2, 0.25) is 0 Å². The molecule has 4 aliphatic rings. The Labute approximate surface area is 280 Å². The van der Waals surface area contributed by atoms with Crippen molar-refractivity contribution in [1.29, 1.82) is 0 Å². The molecule has 0 saturated heterocycles. The molecule has 0 radical (unpaired) electrons. The Kier molecular flexibility index (Phi) is 14.6. The minimum absolute atomic E-state index is 0.0526. The standard InChI is InChI=1S/C43H74O2/c1-7-8-9-10-11-12-13-14-15-16-17-18-19-23-41(44)45-36-28-30-42(5)35(32-36)24-25-37-39-27-26-38(34(4)22-20-21-33(2)3)43(39,6)31-29-40(37)42/h12-13,24,33-34,36-40H,7-11,14-23,25-32H2,1-6H3/b13-12+/t34-,36+,37-,38+,39-,40-,42+,43+/m1/s1. The van der Waals surface area contributed by atoms with Crippen molar-refractivity contribution in [2.24, 2.45) is 46.3 Å². The number of hydrogen-bond acceptors (Lipinski definition) is 2. The van der Waals surface area contributed by atoms with E-state index in [2.05, 4.69) is 59.8 Å². The van der Waals surface area contributed by atoms with Gasteiger partial charge in [0.15, 0.2) is 0 Å². The van der Waals surface area contributed by atoms with Gasteiger partial charge < -0.3 is 4.74 Å². The molecular formula is C43H74O2. The van der Waals surface area contributed by atoms with E-state index in [1.807, 2.05) is 0 Å². The van der Waals surface area contributed by atoms with E-state index in [-0.39, 0.29) is 12.1 Å². The van der Waals surface area contributed by atoms with Crippen LogP contribution in [0.5, 0.6) is 0 Å². The normalized spacial score (nSPS) is 33.5. The molecule has 8 atom stereocenters. The van der Waals surface area contributed by atoms with Gasteiger partial charge in [-0.25, -0.2) is 0 Å². The quantitative estimate of drug-likeness (QED) is 0.0814. The maximum absolute atomic E-state index is 12.8. The molecular weight excluding hydrogens is 548 g/mol. The Morgan fingerprint density at radius 2 is 1.56 bits per heavy atom. The summed E-state index contributed by atoms with van der Waals surface area (Å²) < 4.78 is 6.11. The third-order valence-electron chi connectivity index (χ3n) is 13.7. The molecule has 0 heterocycles. The molecule has 0 aliphatic heterocycles. The van der Waals surface area contributed by atoms with Gasteiger partial charge in [0.1, 0.15) is 6.10 Å². The fourth-order valence-electron chi connectivity index (χ4n) is 11.0. The van der Waals surface area contributed by atoms with Crippen molar-refractivity contribution in [2.75, 3.05) is 0 Å². The predicted octanol–water partition coefficient (Wildman–Crippen LogP) is 13.2. The van der Waals surface area contributed by atoms with E-state index in [1.54, 1.807) is 5.57 Å². The van der Waals surface area contributed by atoms with Crippen LogP contribution >= 0.6 is 0 Å². The van der Waals surface area contributed by atoms with E-state index in [0.29, 0.717) is 17.3 Å². The van der Waals surface area contributed by atoms with Crippen LogP contribution in [-0.4, -0.2) is 12.1 Å². The Hall–Kier alpha value is -1.05. The second-order valence-electron chi connectivity index (χ2n) is 17.3. The maximum Gasteiger partial charge on any atom is 0.306 e. The average molecular weight is 623 g/mol. The number of carbonyl (C=O) groups is 1. The molecule has 2 heteroatoms. The van der Waals surface area contributed by atoms with Gasteiger partial charge in [-0.05, 0) is 123 Å². The minimum atomic E-state index is 0.0526. The van der Waals surface area contributed by atoms with Gasteiger partial charge in [-0.15, -0.1) is 0 Å². The zero-order valence-corrected chi connectivity index (χ0v) is 30.9. The van der Waals surface area contributed by atoms with Crippen molar-refractivity contribution in [3.8, 4) is 0 Å². The Morgan fingerprint density at radius 3 is 2.29 bits per heavy atom. The first-order valence-electron chi connectivity index (χ1n) is 20.2. The van der Waals surface area contributed by atoms with Crippen LogP contribution in [-0.2, 0) is 9.53 Å². The summed E-state index contributed by atoms with van der Waals surface area (Å²) in [5.74, 6) is 5.32. The minimum Gasteiger partial charge on any atom is -0.462 e. The first-order valence-corrected chi connectivity index (χ1v) is 20.2. The van der Waals surface area contributed by atoms with E-state index in [1.165, 1.54) is 116 Å². The summed E-state index contributed by atoms with van der Waals surface area (Å²) >= 11 is 0. The second kappa shape index (κ2) is 17.9. The van der Waals surface area contributed by atoms with Crippen molar-refractivity contribution in [3.63, 3.8) is 0 Å². The van der Waals surface area contributed by atoms with E-state index >= 15 is 0 Å². The van der Waals surface area contributed by atoms with Gasteiger partial charge in [0, 0.05) is 12.8 Å². The Balaban J connectivity index is 1.16. The lowest BCUT2D eigenvalue weighted by atomic mass is 9.47. The molecule has 4 rings (SSSR count). The average Bonchev–Trinajstić information content (AvgIpc) is 3.37. The monoisotopic (exact) mass is 623 g/mol. The second-order valence-corrected chi connectivity index (χ2v) is 17.3. The lowest BCUT2D eigenvalue weighted by Crippen LogP contribution is -2.51. The smallest absolute Gasteiger partial charge is 0.306 e. The van der Waals surface area contributed by atoms with Gasteiger partial charge in [-0.3, -0.25) is 4.79 Å². The van der Waals surface area contributed by atoms with Gasteiger partial charge in [0.25, 0.3) is 0 Å². The zero-order chi connectivity index (χ0) is 32.3. The molecule has 45 heavy (non-hydrogen) atoms. The molecule has 0 amide bonds. The Bertz CT molecular complexity index is 945. The lowest BCUT2D eigenvalue weighted by Gasteiger charge is -2.58. The van der Waals surface area contributed by atoms with Gasteiger partial charge in [0.05, 0.1) is 0 Å². The first-order chi connectivity index (χ1) is 21.7. The summed E-state index contributed by atoms with van der Waals surface area (Å²) in [4.78, 5) is 12.8. The third-order valence-corrected chi connectivity index (χ3v) is 13.7. The van der Waals surface area contributed by atoms with E-state index in [4.69, 9.17) is 4.74 Å². The molecule has 0 aromatic carbocycles. The summed E-state index contributed by atoms with van der Waals surface area (Å²) in [5.41, 5.74) is 2.53. The van der Waals surface area contributed by atoms with Gasteiger partial charge in [-0.1, -0.05) is 123 Å². The van der Waals surface area contributed by atoms with Crippen LogP contribution < -0.4 is 0 Å². The molecule has 0 bridgehead atoms. The van der Waals surface area contributed by atoms with Crippen LogP contribution in [0.3, 0.4) is 0 Å². The number of rotatable bonds is 19. The third kappa shape index (κ3) is 9.75. The Morgan fingerprint density at radius 1 is 0.844 bits per heavy atom. The molecule has 258 valence electrons. The van der Waals surface area contributed by atoms with Crippen LogP contribution in [0.25, 0.3) is 0 Å². The maximum atomic E-state index is 12.8. The number of hydrogen-bond donors (Lipinski definition) is 0. The van der Waals surface area contributed by atoms with Crippen LogP contribution in [0.15, 0.2) is 23.8 Å². The molecule has 0 aromatic heterocycles. The largest absolute Gasteiger partial charge is 0.462 e. The SMILES string of the molecule is CCCCCC/C=C/CCCCCCCC(=O)O[C@H]1CC[C@@]2(C)C(=CC[C@@H]3[C@H]4CC[C@@H]([C@H](C)CCCC(C)C)[C@]4(C)CC[C@H]32)C1. The highest BCUT2D eigenvalue weighted by atomic mass is 16.5. The summed E-state index contributed by atoms with van der Waals surface area (Å²) in [7, 11) is 0. The number of allylic oxidation sites excluding steroid dienone is 3. The molecule has 3 fully saturated rings. The van der Waals surface area contributed by atoms with E-state index in [0.717, 1.165) is 61.2 Å². The predicted molar refractivity (Wildman–Crippen MR) is 193 cm³/mol. The fourth-order valence-corrected chi connectivity index (χ4v) is 11.0. The summed E-state index contributed by atoms with van der Waals surface area (Å²) in [6.45, 7) is 14.9. The van der Waals surface area contributed by atoms with Crippen molar-refractivity contribution in [1.82, 2.24) is 0 Å². The van der Waals surface area contributed by atoms with E-state index in [9.17, 15) is 4.79 Å². The number of unbranched alkanes of at least 4 members (excludes halogenated alkanes) is 9. The lowest BCUT2D eigenvalue weighted by molar-refractivity contribution is -0.151. The summed E-state index contributed by atoms with van der Waals surface area (Å²) in [6.07, 6.45) is 36.5. The number of carbonyl (C=O) groups excluding carboxylic acids is 1. The first kappa shape index (κ1) is 36.8. The molecule has 0 unspecified atom stereocenters. The van der Waals surface area contributed by atoms with Crippen molar-refractivity contribution in [2.45, 2.75) is 195 Å². The fraction of sp³-hybridized carbons (Fsp3) is 0.884. The van der Waals surface area contributed by atoms with Gasteiger partial charge in [0.2, 0.25) is 0 Å². The molecule has 3 saturated carbocycles. The molecule has 4 aliphatic carbocycles. The number of esters is 1. The van der Waals surface area contributed by atoms with Crippen molar-refractivity contribution < 1.29 is 9.53 Å².